The van der Waals surface area contributed by atoms with Crippen LogP contribution in [-0.4, -0.2) is 27.9 Å². The Kier molecular flexibility index (Phi) is 5.83. The van der Waals surface area contributed by atoms with Crippen molar-refractivity contribution in [3.05, 3.63) is 76.1 Å². The number of nitrogens with zero attached hydrogens (tertiary/aromatic N) is 3. The predicted octanol–water partition coefficient (Wildman–Crippen LogP) is 3.20. The summed E-state index contributed by atoms with van der Waals surface area (Å²) in [6.45, 7) is 1.93. The molecule has 0 spiro atoms. The number of methoxy groups -OCH3 is 1. The van der Waals surface area contributed by atoms with Gasteiger partial charge in [-0.15, -0.1) is 0 Å². The summed E-state index contributed by atoms with van der Waals surface area (Å²) in [4.78, 5) is 31.1. The zero-order valence-corrected chi connectivity index (χ0v) is 15.7. The van der Waals surface area contributed by atoms with Crippen molar-refractivity contribution in [3.63, 3.8) is 0 Å². The Bertz CT molecular complexity index is 1020. The number of amides is 1. The van der Waals surface area contributed by atoms with Crippen LogP contribution in [-0.2, 0) is 0 Å². The number of hydrogen-bond acceptors (Lipinski definition) is 8. The van der Waals surface area contributed by atoms with Gasteiger partial charge in [0.2, 0.25) is 11.6 Å². The van der Waals surface area contributed by atoms with Gasteiger partial charge in [0.15, 0.2) is 0 Å². The number of hydrogen-bond donors (Lipinski definition) is 3. The fourth-order valence-electron chi connectivity index (χ4n) is 2.44. The topological polar surface area (TPSA) is 131 Å². The third-order valence-electron chi connectivity index (χ3n) is 3.97. The summed E-state index contributed by atoms with van der Waals surface area (Å²) in [7, 11) is 1.52. The number of anilines is 3. The molecular weight excluding hydrogens is 376 g/mol. The molecule has 0 unspecified atom stereocenters. The van der Waals surface area contributed by atoms with E-state index >= 15 is 0 Å². The first-order valence-corrected chi connectivity index (χ1v) is 8.51. The van der Waals surface area contributed by atoms with Crippen molar-refractivity contribution in [2.75, 3.05) is 17.9 Å². The number of carbonyl (C=O) groups excluding carboxylic acids is 1. The molecule has 1 heterocycles. The van der Waals surface area contributed by atoms with Gasteiger partial charge in [0.25, 0.3) is 5.91 Å². The average Bonchev–Trinajstić information content (AvgIpc) is 2.73. The van der Waals surface area contributed by atoms with Gasteiger partial charge in [0, 0.05) is 11.3 Å². The SMILES string of the molecule is COc1ccc(C(=O)NNc2ncnc(Nc3ccc(C)cc3)c2[N+](=O)[O-])cc1. The zero-order valence-electron chi connectivity index (χ0n) is 15.7. The van der Waals surface area contributed by atoms with Gasteiger partial charge >= 0.3 is 5.69 Å². The first-order valence-electron chi connectivity index (χ1n) is 8.51. The molecule has 1 amide bonds. The highest BCUT2D eigenvalue weighted by molar-refractivity contribution is 5.95. The largest absolute Gasteiger partial charge is 0.497 e. The van der Waals surface area contributed by atoms with E-state index in [9.17, 15) is 14.9 Å². The van der Waals surface area contributed by atoms with Gasteiger partial charge in [0.05, 0.1) is 12.0 Å². The first kappa shape index (κ1) is 19.5. The minimum absolute atomic E-state index is 0.00458. The summed E-state index contributed by atoms with van der Waals surface area (Å²) in [6, 6.07) is 13.7. The van der Waals surface area contributed by atoms with Gasteiger partial charge in [-0.2, -0.15) is 0 Å². The fraction of sp³-hybridized carbons (Fsp3) is 0.105. The molecule has 148 valence electrons. The highest BCUT2D eigenvalue weighted by Crippen LogP contribution is 2.30. The van der Waals surface area contributed by atoms with Gasteiger partial charge in [-0.1, -0.05) is 17.7 Å². The maximum Gasteiger partial charge on any atom is 0.355 e. The molecule has 29 heavy (non-hydrogen) atoms. The van der Waals surface area contributed by atoms with E-state index in [0.717, 1.165) is 11.9 Å². The highest BCUT2D eigenvalue weighted by atomic mass is 16.6. The molecule has 3 N–H and O–H groups in total. The van der Waals surface area contributed by atoms with E-state index in [1.807, 2.05) is 19.1 Å². The minimum Gasteiger partial charge on any atom is -0.497 e. The van der Waals surface area contributed by atoms with Crippen LogP contribution in [0.15, 0.2) is 54.9 Å². The van der Waals surface area contributed by atoms with Gasteiger partial charge in [0.1, 0.15) is 12.1 Å². The van der Waals surface area contributed by atoms with Crippen LogP contribution in [0.2, 0.25) is 0 Å². The highest BCUT2D eigenvalue weighted by Gasteiger charge is 2.23. The van der Waals surface area contributed by atoms with Crippen LogP contribution in [0, 0.1) is 17.0 Å². The number of carbonyl (C=O) groups is 1. The zero-order chi connectivity index (χ0) is 20.8. The quantitative estimate of drug-likeness (QED) is 0.411. The van der Waals surface area contributed by atoms with Crippen molar-refractivity contribution >= 4 is 28.9 Å². The predicted molar refractivity (Wildman–Crippen MR) is 107 cm³/mol. The maximum absolute atomic E-state index is 12.3. The number of ether oxygens (including phenoxy) is 1. The number of aryl methyl sites for hydroxylation is 1. The molecule has 0 saturated carbocycles. The van der Waals surface area contributed by atoms with Crippen molar-refractivity contribution < 1.29 is 14.5 Å². The van der Waals surface area contributed by atoms with E-state index in [1.54, 1.807) is 36.4 Å². The third kappa shape index (κ3) is 4.75. The van der Waals surface area contributed by atoms with Crippen LogP contribution >= 0.6 is 0 Å². The minimum atomic E-state index is -0.627. The lowest BCUT2D eigenvalue weighted by molar-refractivity contribution is -0.383. The maximum atomic E-state index is 12.3. The molecule has 3 aromatic rings. The van der Waals surface area contributed by atoms with Gasteiger partial charge < -0.3 is 10.1 Å². The van der Waals surface area contributed by atoms with Crippen LogP contribution in [0.1, 0.15) is 15.9 Å². The Labute approximate surface area is 166 Å². The molecule has 3 rings (SSSR count). The van der Waals surface area contributed by atoms with Crippen molar-refractivity contribution in [3.8, 4) is 5.75 Å². The van der Waals surface area contributed by atoms with Crippen molar-refractivity contribution in [1.29, 1.82) is 0 Å². The Morgan fingerprint density at radius 1 is 1.03 bits per heavy atom. The third-order valence-corrected chi connectivity index (χ3v) is 3.97. The number of rotatable bonds is 7. The lowest BCUT2D eigenvalue weighted by Crippen LogP contribution is -2.30. The monoisotopic (exact) mass is 394 g/mol. The number of hydrazine groups is 1. The molecule has 0 fully saturated rings. The Morgan fingerprint density at radius 2 is 1.69 bits per heavy atom. The second-order valence-corrected chi connectivity index (χ2v) is 5.98. The van der Waals surface area contributed by atoms with E-state index in [2.05, 4.69) is 26.1 Å². The summed E-state index contributed by atoms with van der Waals surface area (Å²) in [5.41, 5.74) is 6.51. The molecule has 0 atom stereocenters. The second kappa shape index (κ2) is 8.65. The molecule has 0 aliphatic rings. The summed E-state index contributed by atoms with van der Waals surface area (Å²) < 4.78 is 5.04. The normalized spacial score (nSPS) is 10.1. The van der Waals surface area contributed by atoms with Crippen molar-refractivity contribution in [2.24, 2.45) is 0 Å². The van der Waals surface area contributed by atoms with Gasteiger partial charge in [-0.25, -0.2) is 9.97 Å². The molecule has 10 nitrogen and oxygen atoms in total. The Morgan fingerprint density at radius 3 is 2.31 bits per heavy atom. The lowest BCUT2D eigenvalue weighted by Gasteiger charge is -2.11. The number of aromatic nitrogens is 2. The first-order chi connectivity index (χ1) is 14.0. The summed E-state index contributed by atoms with van der Waals surface area (Å²) in [6.07, 6.45) is 1.16. The van der Waals surface area contributed by atoms with E-state index in [4.69, 9.17) is 4.74 Å². The van der Waals surface area contributed by atoms with Crippen LogP contribution in [0.3, 0.4) is 0 Å². The van der Waals surface area contributed by atoms with Crippen molar-refractivity contribution in [1.82, 2.24) is 15.4 Å². The molecule has 0 bridgehead atoms. The lowest BCUT2D eigenvalue weighted by atomic mass is 10.2. The Hall–Kier alpha value is -4.21. The van der Waals surface area contributed by atoms with Gasteiger partial charge in [-0.3, -0.25) is 25.8 Å². The van der Waals surface area contributed by atoms with Gasteiger partial charge in [-0.05, 0) is 43.3 Å². The smallest absolute Gasteiger partial charge is 0.355 e. The Balaban J connectivity index is 1.78. The fourth-order valence-corrected chi connectivity index (χ4v) is 2.44. The molecule has 10 heteroatoms. The standard InChI is InChI=1S/C19H18N6O4/c1-12-3-7-14(8-4-12)22-17-16(25(27)28)18(21-11-20-17)23-24-19(26)13-5-9-15(29-2)10-6-13/h3-11H,1-2H3,(H,24,26)(H2,20,21,22,23). The number of nitro groups is 1. The molecule has 0 saturated heterocycles. The summed E-state index contributed by atoms with van der Waals surface area (Å²) in [5.74, 6) is -0.0436. The molecule has 0 aliphatic carbocycles. The van der Waals surface area contributed by atoms with Crippen molar-refractivity contribution in [2.45, 2.75) is 6.92 Å². The van der Waals surface area contributed by atoms with E-state index in [1.165, 1.54) is 7.11 Å². The van der Waals surface area contributed by atoms with Crippen LogP contribution in [0.5, 0.6) is 5.75 Å². The molecular formula is C19H18N6O4. The van der Waals surface area contributed by atoms with E-state index in [-0.39, 0.29) is 11.6 Å². The molecule has 0 radical (unpaired) electrons. The summed E-state index contributed by atoms with van der Waals surface area (Å²) >= 11 is 0. The number of benzene rings is 2. The van der Waals surface area contributed by atoms with E-state index < -0.39 is 16.5 Å². The molecule has 0 aliphatic heterocycles. The number of nitrogens with one attached hydrogen (secondary N) is 3. The van der Waals surface area contributed by atoms with Crippen LogP contribution < -0.4 is 20.9 Å². The molecule has 1 aromatic heterocycles. The molecule has 2 aromatic carbocycles. The van der Waals surface area contributed by atoms with Crippen LogP contribution in [0.4, 0.5) is 23.0 Å². The van der Waals surface area contributed by atoms with E-state index in [0.29, 0.717) is 17.0 Å². The summed E-state index contributed by atoms with van der Waals surface area (Å²) in [5, 5.41) is 14.5. The average molecular weight is 394 g/mol. The van der Waals surface area contributed by atoms with Crippen LogP contribution in [0.25, 0.3) is 0 Å². The second-order valence-electron chi connectivity index (χ2n) is 5.98.